The number of carbonyl (C=O) groups is 1. The first-order valence-corrected chi connectivity index (χ1v) is 5.94. The molecule has 2 rings (SSSR count). The van der Waals surface area contributed by atoms with Gasteiger partial charge in [0.05, 0.1) is 12.1 Å². The normalized spacial score (nSPS) is 10.3. The lowest BCUT2D eigenvalue weighted by molar-refractivity contribution is -0.124. The molecule has 0 N–H and O–H groups in total. The highest BCUT2D eigenvalue weighted by molar-refractivity contribution is 5.92. The average Bonchev–Trinajstić information content (AvgIpc) is 2.87. The molecule has 0 saturated heterocycles. The quantitative estimate of drug-likeness (QED) is 0.627. The predicted octanol–water partition coefficient (Wildman–Crippen LogP) is 2.32. The van der Waals surface area contributed by atoms with Crippen LogP contribution < -0.4 is 0 Å². The van der Waals surface area contributed by atoms with Crippen molar-refractivity contribution in [3.8, 4) is 12.1 Å². The lowest BCUT2D eigenvalue weighted by Crippen LogP contribution is -2.30. The minimum absolute atomic E-state index is 0.114. The molecule has 5 nitrogen and oxygen atoms in total. The van der Waals surface area contributed by atoms with Crippen LogP contribution in [0.25, 0.3) is 17.0 Å². The first-order valence-electron chi connectivity index (χ1n) is 5.94. The van der Waals surface area contributed by atoms with Crippen LogP contribution in [0.3, 0.4) is 0 Å². The highest BCUT2D eigenvalue weighted by Crippen LogP contribution is 2.19. The number of amides is 1. The van der Waals surface area contributed by atoms with E-state index in [0.29, 0.717) is 5.76 Å². The number of furan rings is 1. The van der Waals surface area contributed by atoms with Crippen molar-refractivity contribution in [2.45, 2.75) is 0 Å². The van der Waals surface area contributed by atoms with Crippen molar-refractivity contribution in [2.24, 2.45) is 0 Å². The standard InChI is InChI=1S/C15H11N3O2/c16-7-9-18(10-8-17)15(19)6-5-13-11-12-3-1-2-4-14(12)20-13/h1-6,11H,9-10H2/b6-5+. The van der Waals surface area contributed by atoms with E-state index in [1.165, 1.54) is 12.2 Å². The summed E-state index contributed by atoms with van der Waals surface area (Å²) in [7, 11) is 0. The van der Waals surface area contributed by atoms with E-state index in [1.54, 1.807) is 0 Å². The van der Waals surface area contributed by atoms with Crippen molar-refractivity contribution in [1.29, 1.82) is 10.5 Å². The van der Waals surface area contributed by atoms with Gasteiger partial charge >= 0.3 is 0 Å². The summed E-state index contributed by atoms with van der Waals surface area (Å²) in [4.78, 5) is 13.0. The Morgan fingerprint density at radius 2 is 1.95 bits per heavy atom. The fraction of sp³-hybridized carbons (Fsp3) is 0.133. The van der Waals surface area contributed by atoms with E-state index in [0.717, 1.165) is 15.9 Å². The Kier molecular flexibility index (Phi) is 4.16. The van der Waals surface area contributed by atoms with E-state index in [1.807, 2.05) is 42.5 Å². The lowest BCUT2D eigenvalue weighted by atomic mass is 10.2. The van der Waals surface area contributed by atoms with Crippen molar-refractivity contribution in [2.75, 3.05) is 13.1 Å². The van der Waals surface area contributed by atoms with Crippen LogP contribution in [0.1, 0.15) is 5.76 Å². The molecule has 0 atom stereocenters. The Hall–Kier alpha value is -3.05. The van der Waals surface area contributed by atoms with Crippen LogP contribution in [-0.2, 0) is 4.79 Å². The molecular formula is C15H11N3O2. The first-order chi connectivity index (χ1) is 9.74. The van der Waals surface area contributed by atoms with E-state index in [2.05, 4.69) is 0 Å². The average molecular weight is 265 g/mol. The summed E-state index contributed by atoms with van der Waals surface area (Å²) in [5.74, 6) is 0.155. The number of benzene rings is 1. The van der Waals surface area contributed by atoms with E-state index in [-0.39, 0.29) is 13.1 Å². The second-order valence-electron chi connectivity index (χ2n) is 4.03. The van der Waals surface area contributed by atoms with Crippen molar-refractivity contribution in [3.05, 3.63) is 42.2 Å². The van der Waals surface area contributed by atoms with Gasteiger partial charge < -0.3 is 9.32 Å². The second-order valence-corrected chi connectivity index (χ2v) is 4.03. The van der Waals surface area contributed by atoms with Gasteiger partial charge in [-0.3, -0.25) is 4.79 Å². The van der Waals surface area contributed by atoms with Gasteiger partial charge in [-0.2, -0.15) is 10.5 Å². The Bertz CT molecular complexity index is 682. The van der Waals surface area contributed by atoms with Crippen LogP contribution in [0.15, 0.2) is 40.8 Å². The number of carbonyl (C=O) groups excluding carboxylic acids is 1. The van der Waals surface area contributed by atoms with Crippen LogP contribution in [0.5, 0.6) is 0 Å². The van der Waals surface area contributed by atoms with Gasteiger partial charge in [-0.1, -0.05) is 18.2 Å². The summed E-state index contributed by atoms with van der Waals surface area (Å²) in [5.41, 5.74) is 0.741. The third kappa shape index (κ3) is 3.04. The van der Waals surface area contributed by atoms with Crippen LogP contribution >= 0.6 is 0 Å². The maximum atomic E-state index is 11.8. The second kappa shape index (κ2) is 6.21. The molecule has 2 aromatic rings. The van der Waals surface area contributed by atoms with E-state index < -0.39 is 5.91 Å². The van der Waals surface area contributed by atoms with Gasteiger partial charge in [-0.05, 0) is 18.2 Å². The first kappa shape index (κ1) is 13.4. The van der Waals surface area contributed by atoms with Crippen LogP contribution in [0, 0.1) is 22.7 Å². The monoisotopic (exact) mass is 265 g/mol. The molecule has 0 aliphatic rings. The Labute approximate surface area is 115 Å². The molecule has 0 unspecified atom stereocenters. The van der Waals surface area contributed by atoms with Crippen LogP contribution in [-0.4, -0.2) is 23.9 Å². The lowest BCUT2D eigenvalue weighted by Gasteiger charge is -2.12. The zero-order valence-corrected chi connectivity index (χ0v) is 10.6. The van der Waals surface area contributed by atoms with E-state index in [9.17, 15) is 4.79 Å². The molecule has 1 heterocycles. The van der Waals surface area contributed by atoms with Gasteiger partial charge in [0.25, 0.3) is 0 Å². The number of nitrogens with zero attached hydrogens (tertiary/aromatic N) is 3. The van der Waals surface area contributed by atoms with Crippen LogP contribution in [0.2, 0.25) is 0 Å². The highest BCUT2D eigenvalue weighted by atomic mass is 16.3. The smallest absolute Gasteiger partial charge is 0.248 e. The summed E-state index contributed by atoms with van der Waals surface area (Å²) >= 11 is 0. The number of nitriles is 2. The molecule has 0 saturated carbocycles. The van der Waals surface area contributed by atoms with Crippen molar-refractivity contribution in [3.63, 3.8) is 0 Å². The summed E-state index contributed by atoms with van der Waals surface area (Å²) in [6.45, 7) is -0.228. The number of rotatable bonds is 4. The molecule has 98 valence electrons. The number of hydrogen-bond acceptors (Lipinski definition) is 4. The fourth-order valence-electron chi connectivity index (χ4n) is 1.73. The Morgan fingerprint density at radius 1 is 1.25 bits per heavy atom. The molecule has 1 amide bonds. The molecular weight excluding hydrogens is 254 g/mol. The zero-order valence-electron chi connectivity index (χ0n) is 10.6. The minimum Gasteiger partial charge on any atom is -0.457 e. The largest absolute Gasteiger partial charge is 0.457 e. The molecule has 0 spiro atoms. The van der Waals surface area contributed by atoms with Crippen molar-refractivity contribution < 1.29 is 9.21 Å². The number of hydrogen-bond donors (Lipinski definition) is 0. The van der Waals surface area contributed by atoms with Gasteiger partial charge in [0, 0.05) is 11.5 Å². The van der Waals surface area contributed by atoms with Gasteiger partial charge in [0.2, 0.25) is 5.91 Å². The predicted molar refractivity (Wildman–Crippen MR) is 73.1 cm³/mol. The number of para-hydroxylation sites is 1. The van der Waals surface area contributed by atoms with Gasteiger partial charge in [0.1, 0.15) is 24.4 Å². The zero-order chi connectivity index (χ0) is 14.4. The number of fused-ring (bicyclic) bond motifs is 1. The summed E-state index contributed by atoms with van der Waals surface area (Å²) in [6, 6.07) is 13.0. The SMILES string of the molecule is N#CCN(CC#N)C(=O)/C=C/c1cc2ccccc2o1. The summed E-state index contributed by atoms with van der Waals surface area (Å²) < 4.78 is 5.53. The molecule has 0 aliphatic heterocycles. The molecule has 0 fully saturated rings. The molecule has 20 heavy (non-hydrogen) atoms. The summed E-state index contributed by atoms with van der Waals surface area (Å²) in [6.07, 6.45) is 2.83. The van der Waals surface area contributed by atoms with Crippen molar-refractivity contribution in [1.82, 2.24) is 4.90 Å². The molecule has 5 heteroatoms. The summed E-state index contributed by atoms with van der Waals surface area (Å²) in [5, 5.41) is 18.1. The molecule has 1 aromatic carbocycles. The van der Waals surface area contributed by atoms with E-state index >= 15 is 0 Å². The maximum Gasteiger partial charge on any atom is 0.248 e. The third-order valence-electron chi connectivity index (χ3n) is 2.67. The molecule has 0 aliphatic carbocycles. The van der Waals surface area contributed by atoms with Gasteiger partial charge in [-0.15, -0.1) is 0 Å². The van der Waals surface area contributed by atoms with E-state index in [4.69, 9.17) is 14.9 Å². The van der Waals surface area contributed by atoms with Crippen molar-refractivity contribution >= 4 is 23.0 Å². The van der Waals surface area contributed by atoms with Crippen LogP contribution in [0.4, 0.5) is 0 Å². The topological polar surface area (TPSA) is 81.0 Å². The molecule has 0 radical (unpaired) electrons. The maximum absolute atomic E-state index is 11.8. The van der Waals surface area contributed by atoms with Gasteiger partial charge in [-0.25, -0.2) is 0 Å². The van der Waals surface area contributed by atoms with Gasteiger partial charge in [0.15, 0.2) is 0 Å². The molecule has 0 bridgehead atoms. The third-order valence-corrected chi connectivity index (χ3v) is 2.67. The molecule has 1 aromatic heterocycles. The Morgan fingerprint density at radius 3 is 2.60 bits per heavy atom. The minimum atomic E-state index is -0.395. The highest BCUT2D eigenvalue weighted by Gasteiger charge is 2.09. The Balaban J connectivity index is 2.13. The fourth-order valence-corrected chi connectivity index (χ4v) is 1.73.